The number of hydrogen-bond donors (Lipinski definition) is 1. The minimum atomic E-state index is 0.0766. The van der Waals surface area contributed by atoms with E-state index in [1.54, 1.807) is 0 Å². The van der Waals surface area contributed by atoms with Crippen LogP contribution in [0.4, 0.5) is 0 Å². The Morgan fingerprint density at radius 3 is 2.76 bits per heavy atom. The van der Waals surface area contributed by atoms with Crippen molar-refractivity contribution in [2.24, 2.45) is 11.7 Å². The van der Waals surface area contributed by atoms with Crippen LogP contribution in [0.3, 0.4) is 0 Å². The quantitative estimate of drug-likeness (QED) is 0.877. The van der Waals surface area contributed by atoms with Crippen LogP contribution in [-0.4, -0.2) is 14.9 Å². The summed E-state index contributed by atoms with van der Waals surface area (Å²) in [7, 11) is 0. The predicted molar refractivity (Wildman–Crippen MR) is 64.3 cm³/mol. The zero-order valence-electron chi connectivity index (χ0n) is 10.4. The van der Waals surface area contributed by atoms with E-state index in [1.807, 2.05) is 23.8 Å². The van der Waals surface area contributed by atoms with Crippen LogP contribution in [0.1, 0.15) is 36.8 Å². The van der Waals surface area contributed by atoms with Crippen molar-refractivity contribution in [2.45, 2.75) is 33.4 Å². The maximum Gasteiger partial charge on any atom is 0.127 e. The summed E-state index contributed by atoms with van der Waals surface area (Å²) in [5.74, 6) is 0.432. The van der Waals surface area contributed by atoms with Gasteiger partial charge in [-0.2, -0.15) is 0 Å². The minimum absolute atomic E-state index is 0.0766. The third kappa shape index (κ3) is 2.55. The molecule has 2 N–H and O–H groups in total. The number of nitrogens with two attached hydrogens (primary N) is 1. The van der Waals surface area contributed by atoms with Crippen LogP contribution in [0.5, 0.6) is 0 Å². The smallest absolute Gasteiger partial charge is 0.127 e. The molecule has 0 saturated carbocycles. The van der Waals surface area contributed by atoms with E-state index >= 15 is 0 Å². The third-order valence-electron chi connectivity index (χ3n) is 2.96. The van der Waals surface area contributed by atoms with Crippen molar-refractivity contribution < 1.29 is 4.63 Å². The molecule has 17 heavy (non-hydrogen) atoms. The summed E-state index contributed by atoms with van der Waals surface area (Å²) in [5.41, 5.74) is 8.92. The molecule has 2 aromatic heterocycles. The van der Waals surface area contributed by atoms with E-state index < -0.39 is 0 Å². The first kappa shape index (κ1) is 11.9. The largest absolute Gasteiger partial charge is 0.348 e. The van der Waals surface area contributed by atoms with Gasteiger partial charge in [0, 0.05) is 18.4 Å². The van der Waals surface area contributed by atoms with E-state index in [-0.39, 0.29) is 6.04 Å². The fourth-order valence-corrected chi connectivity index (χ4v) is 1.71. The molecule has 0 fully saturated rings. The summed E-state index contributed by atoms with van der Waals surface area (Å²) in [5, 5.41) is 7.62. The SMILES string of the molecule is Cc1nonc1Cn1ccc(C(N)C(C)C)c1. The monoisotopic (exact) mass is 234 g/mol. The molecule has 0 spiro atoms. The zero-order valence-corrected chi connectivity index (χ0v) is 10.4. The Labute approximate surface area is 101 Å². The highest BCUT2D eigenvalue weighted by molar-refractivity contribution is 5.17. The van der Waals surface area contributed by atoms with Gasteiger partial charge in [-0.1, -0.05) is 24.2 Å². The molecule has 0 radical (unpaired) electrons. The van der Waals surface area contributed by atoms with Crippen molar-refractivity contribution in [3.8, 4) is 0 Å². The van der Waals surface area contributed by atoms with Gasteiger partial charge in [0.25, 0.3) is 0 Å². The maximum absolute atomic E-state index is 6.09. The lowest BCUT2D eigenvalue weighted by Crippen LogP contribution is -2.15. The summed E-state index contributed by atoms with van der Waals surface area (Å²) in [4.78, 5) is 0. The Morgan fingerprint density at radius 2 is 2.18 bits per heavy atom. The van der Waals surface area contributed by atoms with Gasteiger partial charge in [0.1, 0.15) is 11.4 Å². The highest BCUT2D eigenvalue weighted by atomic mass is 16.6. The summed E-state index contributed by atoms with van der Waals surface area (Å²) in [6.45, 7) is 6.79. The standard InChI is InChI=1S/C12H18N4O/c1-8(2)12(13)10-4-5-16(6-10)7-11-9(3)14-17-15-11/h4-6,8,12H,7,13H2,1-3H3. The highest BCUT2D eigenvalue weighted by Crippen LogP contribution is 2.19. The molecule has 0 aliphatic rings. The molecule has 2 heterocycles. The molecule has 0 aliphatic heterocycles. The normalized spacial score (nSPS) is 13.2. The first-order valence-corrected chi connectivity index (χ1v) is 5.77. The van der Waals surface area contributed by atoms with Crippen molar-refractivity contribution in [1.82, 2.24) is 14.9 Å². The second-order valence-corrected chi connectivity index (χ2v) is 4.68. The molecular weight excluding hydrogens is 216 g/mol. The maximum atomic E-state index is 6.09. The van der Waals surface area contributed by atoms with Crippen LogP contribution < -0.4 is 5.73 Å². The van der Waals surface area contributed by atoms with E-state index in [0.717, 1.165) is 17.0 Å². The van der Waals surface area contributed by atoms with Crippen molar-refractivity contribution in [3.05, 3.63) is 35.4 Å². The van der Waals surface area contributed by atoms with Crippen LogP contribution in [-0.2, 0) is 6.54 Å². The van der Waals surface area contributed by atoms with E-state index in [2.05, 4.69) is 35.0 Å². The molecule has 1 unspecified atom stereocenters. The average Bonchev–Trinajstić information content (AvgIpc) is 2.88. The van der Waals surface area contributed by atoms with Gasteiger partial charge in [0.15, 0.2) is 0 Å². The number of hydrogen-bond acceptors (Lipinski definition) is 4. The van der Waals surface area contributed by atoms with Crippen LogP contribution in [0.15, 0.2) is 23.1 Å². The van der Waals surface area contributed by atoms with Crippen LogP contribution in [0.25, 0.3) is 0 Å². The van der Waals surface area contributed by atoms with Crippen LogP contribution >= 0.6 is 0 Å². The molecule has 5 heteroatoms. The average molecular weight is 234 g/mol. The second kappa shape index (κ2) is 4.71. The predicted octanol–water partition coefficient (Wildman–Crippen LogP) is 1.88. The van der Waals surface area contributed by atoms with E-state index in [0.29, 0.717) is 12.5 Å². The third-order valence-corrected chi connectivity index (χ3v) is 2.96. The van der Waals surface area contributed by atoms with Crippen molar-refractivity contribution in [3.63, 3.8) is 0 Å². The molecule has 1 atom stereocenters. The van der Waals surface area contributed by atoms with E-state index in [1.165, 1.54) is 0 Å². The van der Waals surface area contributed by atoms with Gasteiger partial charge in [-0.25, -0.2) is 4.63 Å². The lowest BCUT2D eigenvalue weighted by molar-refractivity contribution is 0.300. The van der Waals surface area contributed by atoms with Gasteiger partial charge in [0.05, 0.1) is 6.54 Å². The molecule has 0 aromatic carbocycles. The topological polar surface area (TPSA) is 69.9 Å². The molecular formula is C12H18N4O. The molecule has 92 valence electrons. The Bertz CT molecular complexity index is 486. The van der Waals surface area contributed by atoms with Crippen LogP contribution in [0.2, 0.25) is 0 Å². The Morgan fingerprint density at radius 1 is 1.41 bits per heavy atom. The highest BCUT2D eigenvalue weighted by Gasteiger charge is 2.12. The Hall–Kier alpha value is -1.62. The molecule has 5 nitrogen and oxygen atoms in total. The first-order valence-electron chi connectivity index (χ1n) is 5.77. The molecule has 2 aromatic rings. The van der Waals surface area contributed by atoms with Gasteiger partial charge in [-0.3, -0.25) is 0 Å². The molecule has 0 amide bonds. The summed E-state index contributed by atoms with van der Waals surface area (Å²) < 4.78 is 6.72. The molecule has 0 saturated heterocycles. The molecule has 0 aliphatic carbocycles. The van der Waals surface area contributed by atoms with E-state index in [4.69, 9.17) is 5.73 Å². The number of nitrogens with zero attached hydrogens (tertiary/aromatic N) is 3. The fraction of sp³-hybridized carbons (Fsp3) is 0.500. The van der Waals surface area contributed by atoms with Crippen LogP contribution in [0, 0.1) is 12.8 Å². The van der Waals surface area contributed by atoms with Gasteiger partial charge in [0.2, 0.25) is 0 Å². The van der Waals surface area contributed by atoms with Gasteiger partial charge in [-0.15, -0.1) is 0 Å². The lowest BCUT2D eigenvalue weighted by Gasteiger charge is -2.13. The van der Waals surface area contributed by atoms with Crippen molar-refractivity contribution in [1.29, 1.82) is 0 Å². The molecule has 0 bridgehead atoms. The second-order valence-electron chi connectivity index (χ2n) is 4.68. The molecule has 2 rings (SSSR count). The Kier molecular flexibility index (Phi) is 3.28. The summed E-state index contributed by atoms with van der Waals surface area (Å²) in [6, 6.07) is 2.13. The van der Waals surface area contributed by atoms with Gasteiger partial charge >= 0.3 is 0 Å². The lowest BCUT2D eigenvalue weighted by atomic mass is 10.00. The zero-order chi connectivity index (χ0) is 12.4. The number of rotatable bonds is 4. The van der Waals surface area contributed by atoms with Crippen molar-refractivity contribution in [2.75, 3.05) is 0 Å². The number of aryl methyl sites for hydroxylation is 1. The van der Waals surface area contributed by atoms with Gasteiger partial charge in [-0.05, 0) is 24.5 Å². The Balaban J connectivity index is 2.11. The number of aromatic nitrogens is 3. The summed E-state index contributed by atoms with van der Waals surface area (Å²) in [6.07, 6.45) is 4.06. The summed E-state index contributed by atoms with van der Waals surface area (Å²) >= 11 is 0. The van der Waals surface area contributed by atoms with E-state index in [9.17, 15) is 0 Å². The fourth-order valence-electron chi connectivity index (χ4n) is 1.71. The van der Waals surface area contributed by atoms with Gasteiger partial charge < -0.3 is 10.3 Å². The van der Waals surface area contributed by atoms with Crippen molar-refractivity contribution >= 4 is 0 Å². The first-order chi connectivity index (χ1) is 8.08. The minimum Gasteiger partial charge on any atom is -0.348 e.